The minimum Gasteiger partial charge on any atom is -0.481 e. The van der Waals surface area contributed by atoms with Gasteiger partial charge in [0.05, 0.1) is 16.5 Å². The Morgan fingerprint density at radius 3 is 2.86 bits per heavy atom. The normalized spacial score (nSPS) is 11.7. The van der Waals surface area contributed by atoms with Crippen molar-refractivity contribution in [2.24, 2.45) is 0 Å². The van der Waals surface area contributed by atoms with Crippen molar-refractivity contribution in [2.45, 2.75) is 31.7 Å². The van der Waals surface area contributed by atoms with Crippen LogP contribution in [0.3, 0.4) is 0 Å². The summed E-state index contributed by atoms with van der Waals surface area (Å²) in [6.45, 7) is 8.17. The minimum atomic E-state index is -0.406. The quantitative estimate of drug-likeness (QED) is 0.190. The summed E-state index contributed by atoms with van der Waals surface area (Å²) in [6, 6.07) is 15.5. The first-order valence-corrected chi connectivity index (χ1v) is 13.1. The van der Waals surface area contributed by atoms with Crippen LogP contribution in [0.25, 0.3) is 11.3 Å². The molecule has 0 fully saturated rings. The average molecular weight is 526 g/mol. The number of anilines is 1. The maximum Gasteiger partial charge on any atom is 0.236 e. The molecule has 10 heteroatoms. The molecule has 0 aliphatic carbocycles. The first kappa shape index (κ1) is 25.0. The lowest BCUT2D eigenvalue weighted by Crippen LogP contribution is -2.15. The number of carbonyl (C=O) groups excluding carboxylic acids is 1. The van der Waals surface area contributed by atoms with Crippen molar-refractivity contribution in [3.63, 3.8) is 0 Å². The molecule has 0 aliphatic heterocycles. The number of thiazole rings is 1. The molecule has 0 aliphatic rings. The summed E-state index contributed by atoms with van der Waals surface area (Å²) in [5.41, 5.74) is 2.88. The highest BCUT2D eigenvalue weighted by molar-refractivity contribution is 7.99. The van der Waals surface area contributed by atoms with Crippen molar-refractivity contribution in [1.29, 1.82) is 0 Å². The van der Waals surface area contributed by atoms with Gasteiger partial charge in [-0.15, -0.1) is 28.1 Å². The van der Waals surface area contributed by atoms with E-state index in [0.717, 1.165) is 16.8 Å². The molecule has 0 saturated heterocycles. The van der Waals surface area contributed by atoms with Crippen molar-refractivity contribution in [1.82, 2.24) is 19.7 Å². The Labute approximate surface area is 217 Å². The fourth-order valence-electron chi connectivity index (χ4n) is 3.31. The van der Waals surface area contributed by atoms with Gasteiger partial charge in [-0.25, -0.2) is 4.98 Å². The molecule has 0 radical (unpaired) electrons. The highest BCUT2D eigenvalue weighted by atomic mass is 35.5. The van der Waals surface area contributed by atoms with Gasteiger partial charge >= 0.3 is 0 Å². The Balaban J connectivity index is 1.40. The van der Waals surface area contributed by atoms with Gasteiger partial charge < -0.3 is 10.1 Å². The molecule has 4 rings (SSSR count). The first-order chi connectivity index (χ1) is 16.9. The monoisotopic (exact) mass is 525 g/mol. The summed E-state index contributed by atoms with van der Waals surface area (Å²) in [7, 11) is 0. The zero-order chi connectivity index (χ0) is 24.8. The molecule has 2 aromatic carbocycles. The molecule has 4 aromatic rings. The van der Waals surface area contributed by atoms with E-state index in [1.54, 1.807) is 12.1 Å². The summed E-state index contributed by atoms with van der Waals surface area (Å²) < 4.78 is 7.96. The van der Waals surface area contributed by atoms with E-state index in [1.807, 2.05) is 66.3 Å². The Hall–Kier alpha value is -3.14. The Morgan fingerprint density at radius 2 is 2.09 bits per heavy atom. The van der Waals surface area contributed by atoms with Crippen LogP contribution < -0.4 is 10.1 Å². The summed E-state index contributed by atoms with van der Waals surface area (Å²) in [5, 5.41) is 15.1. The standard InChI is InChI=1S/C25H24ClN5O2S2/c1-4-12-31-23(17(3)33-21-13-16(2)10-11-19(21)26)29-30-25(31)35-15-22(32)28-24-27-20(14-34-24)18-8-6-5-7-9-18/h4-11,13-14,17H,1,12,15H2,2-3H3,(H,27,28,32). The molecule has 1 N–H and O–H groups in total. The number of thioether (sulfide) groups is 1. The Morgan fingerprint density at radius 1 is 1.29 bits per heavy atom. The number of nitrogens with one attached hydrogen (secondary N) is 1. The molecule has 180 valence electrons. The lowest BCUT2D eigenvalue weighted by atomic mass is 10.2. The van der Waals surface area contributed by atoms with Gasteiger partial charge in [-0.2, -0.15) is 0 Å². The molecule has 2 aromatic heterocycles. The van der Waals surface area contributed by atoms with Crippen LogP contribution in [0.1, 0.15) is 24.4 Å². The molecule has 7 nitrogen and oxygen atoms in total. The molecule has 2 heterocycles. The number of ether oxygens (including phenoxy) is 1. The number of nitrogens with zero attached hydrogens (tertiary/aromatic N) is 4. The number of hydrogen-bond acceptors (Lipinski definition) is 7. The van der Waals surface area contributed by atoms with Crippen LogP contribution in [-0.2, 0) is 11.3 Å². The number of aryl methyl sites for hydroxylation is 1. The van der Waals surface area contributed by atoms with E-state index in [1.165, 1.54) is 23.1 Å². The number of hydrogen-bond donors (Lipinski definition) is 1. The van der Waals surface area contributed by atoms with Crippen LogP contribution in [0.4, 0.5) is 5.13 Å². The second-order valence-corrected chi connectivity index (χ2v) is 9.88. The summed E-state index contributed by atoms with van der Waals surface area (Å²) in [4.78, 5) is 17.1. The molecule has 0 saturated carbocycles. The van der Waals surface area contributed by atoms with Gasteiger partial charge in [0.2, 0.25) is 5.91 Å². The Bertz CT molecular complexity index is 1320. The zero-order valence-corrected chi connectivity index (χ0v) is 21.7. The highest BCUT2D eigenvalue weighted by Gasteiger charge is 2.21. The number of rotatable bonds is 10. The van der Waals surface area contributed by atoms with E-state index in [0.29, 0.717) is 33.4 Å². The van der Waals surface area contributed by atoms with Crippen molar-refractivity contribution >= 4 is 45.7 Å². The van der Waals surface area contributed by atoms with Gasteiger partial charge in [-0.3, -0.25) is 9.36 Å². The number of benzene rings is 2. The molecule has 1 atom stereocenters. The number of carbonyl (C=O) groups is 1. The van der Waals surface area contributed by atoms with Crippen molar-refractivity contribution < 1.29 is 9.53 Å². The van der Waals surface area contributed by atoms with Crippen LogP contribution >= 0.6 is 34.7 Å². The maximum absolute atomic E-state index is 12.6. The highest BCUT2D eigenvalue weighted by Crippen LogP contribution is 2.31. The fourth-order valence-corrected chi connectivity index (χ4v) is 4.96. The van der Waals surface area contributed by atoms with E-state index in [2.05, 4.69) is 27.1 Å². The summed E-state index contributed by atoms with van der Waals surface area (Å²) in [6.07, 6.45) is 1.35. The molecule has 1 amide bonds. The topological polar surface area (TPSA) is 81.9 Å². The molecular weight excluding hydrogens is 502 g/mol. The number of halogens is 1. The second kappa shape index (κ2) is 11.5. The summed E-state index contributed by atoms with van der Waals surface area (Å²) in [5.74, 6) is 1.20. The van der Waals surface area contributed by atoms with Gasteiger partial charge in [-0.1, -0.05) is 65.8 Å². The fraction of sp³-hybridized carbons (Fsp3) is 0.200. The van der Waals surface area contributed by atoms with E-state index < -0.39 is 6.10 Å². The largest absolute Gasteiger partial charge is 0.481 e. The SMILES string of the molecule is C=CCn1c(SCC(=O)Nc2nc(-c3ccccc3)cs2)nnc1C(C)Oc1cc(C)ccc1Cl. The van der Waals surface area contributed by atoms with Gasteiger partial charge in [-0.05, 0) is 31.5 Å². The summed E-state index contributed by atoms with van der Waals surface area (Å²) >= 11 is 8.97. The van der Waals surface area contributed by atoms with Crippen molar-refractivity contribution in [2.75, 3.05) is 11.1 Å². The third-order valence-corrected chi connectivity index (χ3v) is 7.00. The van der Waals surface area contributed by atoms with Gasteiger partial charge in [0.25, 0.3) is 0 Å². The zero-order valence-electron chi connectivity index (χ0n) is 19.3. The number of allylic oxidation sites excluding steroid dienone is 1. The van der Waals surface area contributed by atoms with E-state index in [4.69, 9.17) is 16.3 Å². The van der Waals surface area contributed by atoms with Gasteiger partial charge in [0.1, 0.15) is 5.75 Å². The number of aromatic nitrogens is 4. The average Bonchev–Trinajstić information content (AvgIpc) is 3.48. The van der Waals surface area contributed by atoms with Crippen LogP contribution in [-0.4, -0.2) is 31.4 Å². The Kier molecular flexibility index (Phi) is 8.22. The molecule has 0 spiro atoms. The molecule has 1 unspecified atom stereocenters. The van der Waals surface area contributed by atoms with Crippen molar-refractivity contribution in [3.05, 3.63) is 83.0 Å². The lowest BCUT2D eigenvalue weighted by molar-refractivity contribution is -0.113. The number of amides is 1. The predicted molar refractivity (Wildman–Crippen MR) is 142 cm³/mol. The molecule has 0 bridgehead atoms. The predicted octanol–water partition coefficient (Wildman–Crippen LogP) is 6.42. The third kappa shape index (κ3) is 6.30. The maximum atomic E-state index is 12.6. The van der Waals surface area contributed by atoms with E-state index in [9.17, 15) is 4.79 Å². The first-order valence-electron chi connectivity index (χ1n) is 10.8. The van der Waals surface area contributed by atoms with Gasteiger partial charge in [0.15, 0.2) is 22.2 Å². The smallest absolute Gasteiger partial charge is 0.236 e. The van der Waals surface area contributed by atoms with Gasteiger partial charge in [0, 0.05) is 17.5 Å². The van der Waals surface area contributed by atoms with Crippen LogP contribution in [0.15, 0.2) is 71.7 Å². The minimum absolute atomic E-state index is 0.161. The molecular formula is C25H24ClN5O2S2. The van der Waals surface area contributed by atoms with Crippen LogP contribution in [0.2, 0.25) is 5.02 Å². The van der Waals surface area contributed by atoms with Crippen LogP contribution in [0, 0.1) is 6.92 Å². The van der Waals surface area contributed by atoms with E-state index >= 15 is 0 Å². The van der Waals surface area contributed by atoms with Crippen LogP contribution in [0.5, 0.6) is 5.75 Å². The second-order valence-electron chi connectivity index (χ2n) is 7.67. The molecule has 35 heavy (non-hydrogen) atoms. The third-order valence-electron chi connectivity index (χ3n) is 4.96. The lowest BCUT2D eigenvalue weighted by Gasteiger charge is -2.17. The van der Waals surface area contributed by atoms with Crippen molar-refractivity contribution in [3.8, 4) is 17.0 Å². The van der Waals surface area contributed by atoms with E-state index in [-0.39, 0.29) is 11.7 Å².